The van der Waals surface area contributed by atoms with Gasteiger partial charge in [-0.2, -0.15) is 18.4 Å². The van der Waals surface area contributed by atoms with Gasteiger partial charge in [0.25, 0.3) is 0 Å². The molecule has 0 aliphatic heterocycles. The van der Waals surface area contributed by atoms with Gasteiger partial charge in [-0.1, -0.05) is 0 Å². The van der Waals surface area contributed by atoms with Gasteiger partial charge in [-0.05, 0) is 37.3 Å². The van der Waals surface area contributed by atoms with E-state index < -0.39 is 24.9 Å². The van der Waals surface area contributed by atoms with Gasteiger partial charge < -0.3 is 14.7 Å². The van der Waals surface area contributed by atoms with Crippen molar-refractivity contribution in [1.29, 1.82) is 5.26 Å². The highest BCUT2D eigenvalue weighted by molar-refractivity contribution is 5.88. The molecule has 2 rings (SSSR count). The molecule has 0 saturated carbocycles. The van der Waals surface area contributed by atoms with Crippen molar-refractivity contribution in [3.05, 3.63) is 48.2 Å². The number of aliphatic hydroxyl groups is 1. The van der Waals surface area contributed by atoms with Gasteiger partial charge in [-0.3, -0.25) is 5.32 Å². The van der Waals surface area contributed by atoms with Crippen LogP contribution in [0.1, 0.15) is 12.5 Å². The minimum absolute atomic E-state index is 0.0413. The molecule has 0 aliphatic carbocycles. The first-order chi connectivity index (χ1) is 13.2. The van der Waals surface area contributed by atoms with E-state index in [1.54, 1.807) is 24.3 Å². The average molecular weight is 394 g/mol. The van der Waals surface area contributed by atoms with E-state index in [0.717, 1.165) is 4.90 Å². The molecule has 0 spiro atoms. The second-order valence-electron chi connectivity index (χ2n) is 5.64. The SMILES string of the molecule is CCN(C[C@@H](O)C(F)(F)F)C(=O)Nc1cc(Oc2ccc(C#N)cc2)ccn1. The number of nitrogens with zero attached hydrogens (tertiary/aromatic N) is 3. The standard InChI is InChI=1S/C18H17F3N4O3/c1-2-25(11-15(26)18(19,20)21)17(27)24-16-9-14(7-8-23-16)28-13-5-3-12(10-22)4-6-13/h3-9,15,26H,2,11H2,1H3,(H,23,24,27)/t15-/m1/s1. The number of carbonyl (C=O) groups excluding carboxylic acids is 1. The van der Waals surface area contributed by atoms with Crippen LogP contribution in [0.2, 0.25) is 0 Å². The number of carbonyl (C=O) groups is 1. The summed E-state index contributed by atoms with van der Waals surface area (Å²) >= 11 is 0. The Labute approximate surface area is 159 Å². The molecule has 2 amide bonds. The molecule has 0 fully saturated rings. The molecule has 0 unspecified atom stereocenters. The monoisotopic (exact) mass is 394 g/mol. The van der Waals surface area contributed by atoms with E-state index in [9.17, 15) is 18.0 Å². The number of hydrogen-bond acceptors (Lipinski definition) is 5. The molecule has 0 saturated heterocycles. The fraction of sp³-hybridized carbons (Fsp3) is 0.278. The van der Waals surface area contributed by atoms with E-state index in [1.165, 1.54) is 25.3 Å². The number of hydrogen-bond donors (Lipinski definition) is 2. The van der Waals surface area contributed by atoms with Crippen LogP contribution < -0.4 is 10.1 Å². The van der Waals surface area contributed by atoms with Crippen LogP contribution in [-0.4, -0.2) is 46.4 Å². The van der Waals surface area contributed by atoms with Gasteiger partial charge >= 0.3 is 12.2 Å². The summed E-state index contributed by atoms with van der Waals surface area (Å²) in [5.74, 6) is 0.843. The van der Waals surface area contributed by atoms with Crippen LogP contribution >= 0.6 is 0 Å². The van der Waals surface area contributed by atoms with E-state index in [4.69, 9.17) is 15.1 Å². The summed E-state index contributed by atoms with van der Waals surface area (Å²) in [4.78, 5) is 16.9. The average Bonchev–Trinajstić information content (AvgIpc) is 2.66. The lowest BCUT2D eigenvalue weighted by atomic mass is 10.2. The second kappa shape index (κ2) is 9.05. The van der Waals surface area contributed by atoms with Crippen LogP contribution in [0.15, 0.2) is 42.6 Å². The van der Waals surface area contributed by atoms with E-state index in [0.29, 0.717) is 17.1 Å². The predicted molar refractivity (Wildman–Crippen MR) is 93.8 cm³/mol. The van der Waals surface area contributed by atoms with Crippen LogP contribution in [0, 0.1) is 11.3 Å². The quantitative estimate of drug-likeness (QED) is 0.781. The third-order valence-electron chi connectivity index (χ3n) is 3.63. The highest BCUT2D eigenvalue weighted by Gasteiger charge is 2.39. The molecule has 148 valence electrons. The Morgan fingerprint density at radius 2 is 2.00 bits per heavy atom. The number of nitriles is 1. The van der Waals surface area contributed by atoms with Gasteiger partial charge in [0.2, 0.25) is 0 Å². The maximum atomic E-state index is 12.5. The van der Waals surface area contributed by atoms with E-state index in [2.05, 4.69) is 10.3 Å². The smallest absolute Gasteiger partial charge is 0.416 e. The fourth-order valence-corrected chi connectivity index (χ4v) is 2.13. The van der Waals surface area contributed by atoms with Gasteiger partial charge in [-0.15, -0.1) is 0 Å². The Balaban J connectivity index is 2.04. The van der Waals surface area contributed by atoms with Gasteiger partial charge in [0.05, 0.1) is 18.2 Å². The maximum Gasteiger partial charge on any atom is 0.416 e. The minimum atomic E-state index is -4.82. The minimum Gasteiger partial charge on any atom is -0.457 e. The molecule has 28 heavy (non-hydrogen) atoms. The predicted octanol–water partition coefficient (Wildman–Crippen LogP) is 3.52. The zero-order valence-corrected chi connectivity index (χ0v) is 14.8. The molecule has 2 N–H and O–H groups in total. The van der Waals surface area contributed by atoms with Crippen molar-refractivity contribution >= 4 is 11.8 Å². The lowest BCUT2D eigenvalue weighted by Gasteiger charge is -2.25. The summed E-state index contributed by atoms with van der Waals surface area (Å²) in [7, 11) is 0. The number of pyridine rings is 1. The van der Waals surface area contributed by atoms with E-state index >= 15 is 0 Å². The molecule has 0 radical (unpaired) electrons. The Bertz CT molecular complexity index is 850. The van der Waals surface area contributed by atoms with Crippen molar-refractivity contribution < 1.29 is 27.8 Å². The fourth-order valence-electron chi connectivity index (χ4n) is 2.13. The molecule has 1 heterocycles. The van der Waals surface area contributed by atoms with E-state index in [1.807, 2.05) is 6.07 Å². The molecule has 10 heteroatoms. The van der Waals surface area contributed by atoms with Crippen molar-refractivity contribution in [2.75, 3.05) is 18.4 Å². The number of anilines is 1. The van der Waals surface area contributed by atoms with E-state index in [-0.39, 0.29) is 12.4 Å². The van der Waals surface area contributed by atoms with Crippen molar-refractivity contribution in [3.63, 3.8) is 0 Å². The maximum absolute atomic E-state index is 12.5. The second-order valence-corrected chi connectivity index (χ2v) is 5.64. The number of benzene rings is 1. The summed E-state index contributed by atoms with van der Waals surface area (Å²) in [6.45, 7) is 0.550. The number of aromatic nitrogens is 1. The van der Waals surface area contributed by atoms with Crippen LogP contribution in [0.25, 0.3) is 0 Å². The van der Waals surface area contributed by atoms with Crippen LogP contribution in [0.3, 0.4) is 0 Å². The van der Waals surface area contributed by atoms with Crippen LogP contribution in [-0.2, 0) is 0 Å². The molecule has 1 aromatic carbocycles. The van der Waals surface area contributed by atoms with Crippen molar-refractivity contribution in [3.8, 4) is 17.6 Å². The summed E-state index contributed by atoms with van der Waals surface area (Å²) in [5, 5.41) is 20.3. The van der Waals surface area contributed by atoms with Crippen LogP contribution in [0.4, 0.5) is 23.8 Å². The summed E-state index contributed by atoms with van der Waals surface area (Å²) < 4.78 is 43.1. The summed E-state index contributed by atoms with van der Waals surface area (Å²) in [6, 6.07) is 10.4. The Hall–Kier alpha value is -3.32. The Morgan fingerprint density at radius 1 is 1.32 bits per heavy atom. The van der Waals surface area contributed by atoms with Crippen molar-refractivity contribution in [1.82, 2.24) is 9.88 Å². The lowest BCUT2D eigenvalue weighted by molar-refractivity contribution is -0.206. The number of rotatable bonds is 6. The normalized spacial score (nSPS) is 12.0. The molecule has 0 bridgehead atoms. The number of alkyl halides is 3. The topological polar surface area (TPSA) is 98.5 Å². The first-order valence-electron chi connectivity index (χ1n) is 8.17. The lowest BCUT2D eigenvalue weighted by Crippen LogP contribution is -2.45. The number of ether oxygens (including phenoxy) is 1. The van der Waals surface area contributed by atoms with Crippen molar-refractivity contribution in [2.24, 2.45) is 0 Å². The van der Waals surface area contributed by atoms with Gasteiger partial charge in [0.1, 0.15) is 17.3 Å². The summed E-state index contributed by atoms with van der Waals surface area (Å²) in [5.41, 5.74) is 0.468. The van der Waals surface area contributed by atoms with Crippen molar-refractivity contribution in [2.45, 2.75) is 19.2 Å². The Morgan fingerprint density at radius 3 is 2.57 bits per heavy atom. The third-order valence-corrected chi connectivity index (χ3v) is 3.63. The van der Waals surface area contributed by atoms with Gasteiger partial charge in [-0.25, -0.2) is 9.78 Å². The highest BCUT2D eigenvalue weighted by Crippen LogP contribution is 2.24. The number of halogens is 3. The zero-order valence-electron chi connectivity index (χ0n) is 14.8. The number of likely N-dealkylation sites (N-methyl/N-ethyl adjacent to an activating group) is 1. The number of aliphatic hydroxyl groups excluding tert-OH is 1. The number of nitrogens with one attached hydrogen (secondary N) is 1. The Kier molecular flexibility index (Phi) is 6.79. The summed E-state index contributed by atoms with van der Waals surface area (Å²) in [6.07, 6.45) is -6.10. The number of amides is 2. The largest absolute Gasteiger partial charge is 0.457 e. The van der Waals surface area contributed by atoms with Gasteiger partial charge in [0, 0.05) is 18.8 Å². The highest BCUT2D eigenvalue weighted by atomic mass is 19.4. The van der Waals surface area contributed by atoms with Gasteiger partial charge in [0.15, 0.2) is 6.10 Å². The molecule has 0 aliphatic rings. The first kappa shape index (κ1) is 21.0. The number of urea groups is 1. The van der Waals surface area contributed by atoms with Crippen LogP contribution in [0.5, 0.6) is 11.5 Å². The molecule has 7 nitrogen and oxygen atoms in total. The zero-order chi connectivity index (χ0) is 20.7. The molecule has 1 atom stereocenters. The first-order valence-corrected chi connectivity index (χ1v) is 8.17. The molecule has 2 aromatic rings. The molecular formula is C18H17F3N4O3. The third kappa shape index (κ3) is 5.85. The molecular weight excluding hydrogens is 377 g/mol. The molecule has 1 aromatic heterocycles.